The molecule has 2 aromatic heterocycles. The second kappa shape index (κ2) is 6.27. The van der Waals surface area contributed by atoms with Crippen LogP contribution < -0.4 is 5.32 Å². The SMILES string of the molecule is CC(C)C(CO)NC(=O)c1csc(-c2ccsc2)n1. The Balaban J connectivity index is 2.08. The van der Waals surface area contributed by atoms with Gasteiger partial charge in [0.05, 0.1) is 12.6 Å². The first-order chi connectivity index (χ1) is 9.11. The van der Waals surface area contributed by atoms with Crippen molar-refractivity contribution in [3.05, 3.63) is 27.9 Å². The van der Waals surface area contributed by atoms with E-state index < -0.39 is 0 Å². The second-order valence-electron chi connectivity index (χ2n) is 4.56. The topological polar surface area (TPSA) is 62.2 Å². The first-order valence-corrected chi connectivity index (χ1v) is 7.84. The molecule has 0 saturated carbocycles. The van der Waals surface area contributed by atoms with Crippen molar-refractivity contribution in [3.63, 3.8) is 0 Å². The Morgan fingerprint density at radius 1 is 1.47 bits per heavy atom. The van der Waals surface area contributed by atoms with Crippen molar-refractivity contribution >= 4 is 28.6 Å². The van der Waals surface area contributed by atoms with E-state index in [-0.39, 0.29) is 24.5 Å². The van der Waals surface area contributed by atoms with Crippen LogP contribution in [0.1, 0.15) is 24.3 Å². The lowest BCUT2D eigenvalue weighted by molar-refractivity contribution is 0.0892. The largest absolute Gasteiger partial charge is 0.394 e. The number of nitrogens with one attached hydrogen (secondary N) is 1. The number of hydrogen-bond donors (Lipinski definition) is 2. The zero-order valence-corrected chi connectivity index (χ0v) is 12.4. The summed E-state index contributed by atoms with van der Waals surface area (Å²) in [5.74, 6) is -0.0468. The van der Waals surface area contributed by atoms with Crippen molar-refractivity contribution in [3.8, 4) is 10.6 Å². The average Bonchev–Trinajstić information content (AvgIpc) is 3.04. The molecule has 0 saturated heterocycles. The molecule has 2 rings (SSSR count). The fraction of sp³-hybridized carbons (Fsp3) is 0.385. The van der Waals surface area contributed by atoms with Crippen LogP contribution in [0.2, 0.25) is 0 Å². The number of carbonyl (C=O) groups is 1. The molecule has 0 fully saturated rings. The first-order valence-electron chi connectivity index (χ1n) is 6.01. The van der Waals surface area contributed by atoms with Crippen molar-refractivity contribution in [2.24, 2.45) is 5.92 Å². The second-order valence-corrected chi connectivity index (χ2v) is 6.19. The van der Waals surface area contributed by atoms with Gasteiger partial charge in [-0.05, 0) is 17.4 Å². The molecular weight excluding hydrogens is 280 g/mol. The summed E-state index contributed by atoms with van der Waals surface area (Å²) < 4.78 is 0. The molecule has 1 unspecified atom stereocenters. The fourth-order valence-electron chi connectivity index (χ4n) is 1.56. The summed E-state index contributed by atoms with van der Waals surface area (Å²) in [6.45, 7) is 3.85. The summed E-state index contributed by atoms with van der Waals surface area (Å²) >= 11 is 3.05. The molecule has 2 aromatic rings. The molecule has 19 heavy (non-hydrogen) atoms. The highest BCUT2D eigenvalue weighted by Crippen LogP contribution is 2.25. The minimum Gasteiger partial charge on any atom is -0.394 e. The number of aromatic nitrogens is 1. The number of nitrogens with zero attached hydrogens (tertiary/aromatic N) is 1. The summed E-state index contributed by atoms with van der Waals surface area (Å²) in [5, 5.41) is 18.6. The molecule has 2 N–H and O–H groups in total. The van der Waals surface area contributed by atoms with Crippen molar-refractivity contribution in [1.29, 1.82) is 0 Å². The monoisotopic (exact) mass is 296 g/mol. The van der Waals surface area contributed by atoms with Crippen molar-refractivity contribution < 1.29 is 9.90 Å². The highest BCUT2D eigenvalue weighted by atomic mass is 32.1. The number of amides is 1. The van der Waals surface area contributed by atoms with Gasteiger partial charge in [0.15, 0.2) is 0 Å². The number of aliphatic hydroxyl groups is 1. The number of carbonyl (C=O) groups excluding carboxylic acids is 1. The number of hydrogen-bond acceptors (Lipinski definition) is 5. The van der Waals surface area contributed by atoms with Gasteiger partial charge in [-0.1, -0.05) is 13.8 Å². The van der Waals surface area contributed by atoms with E-state index in [9.17, 15) is 9.90 Å². The Morgan fingerprint density at radius 3 is 2.84 bits per heavy atom. The Hall–Kier alpha value is -1.24. The number of rotatable bonds is 5. The van der Waals surface area contributed by atoms with Gasteiger partial charge in [-0.15, -0.1) is 11.3 Å². The molecule has 6 heteroatoms. The van der Waals surface area contributed by atoms with Crippen LogP contribution in [0.5, 0.6) is 0 Å². The summed E-state index contributed by atoms with van der Waals surface area (Å²) in [6.07, 6.45) is 0. The molecule has 102 valence electrons. The van der Waals surface area contributed by atoms with Gasteiger partial charge in [0.25, 0.3) is 5.91 Å². The maximum Gasteiger partial charge on any atom is 0.271 e. The molecule has 0 bridgehead atoms. The predicted molar refractivity (Wildman–Crippen MR) is 78.6 cm³/mol. The minimum atomic E-state index is -0.237. The molecule has 4 nitrogen and oxygen atoms in total. The van der Waals surface area contributed by atoms with E-state index in [1.165, 1.54) is 11.3 Å². The normalized spacial score (nSPS) is 12.6. The molecule has 0 aliphatic heterocycles. The maximum absolute atomic E-state index is 12.0. The summed E-state index contributed by atoms with van der Waals surface area (Å²) in [6, 6.07) is 1.74. The number of thiazole rings is 1. The van der Waals surface area contributed by atoms with Crippen LogP contribution in [0.4, 0.5) is 0 Å². The van der Waals surface area contributed by atoms with Gasteiger partial charge >= 0.3 is 0 Å². The van der Waals surface area contributed by atoms with E-state index in [1.54, 1.807) is 16.7 Å². The Labute approximate surface area is 120 Å². The summed E-state index contributed by atoms with van der Waals surface area (Å²) in [4.78, 5) is 16.4. The molecule has 0 aliphatic rings. The third-order valence-corrected chi connectivity index (χ3v) is 4.40. The molecule has 0 radical (unpaired) electrons. The predicted octanol–water partition coefficient (Wildman–Crippen LogP) is 2.62. The van der Waals surface area contributed by atoms with Crippen LogP contribution in [0.25, 0.3) is 10.6 Å². The summed E-state index contributed by atoms with van der Waals surface area (Å²) in [7, 11) is 0. The maximum atomic E-state index is 12.0. The van der Waals surface area contributed by atoms with E-state index in [0.29, 0.717) is 5.69 Å². The van der Waals surface area contributed by atoms with Crippen molar-refractivity contribution in [2.45, 2.75) is 19.9 Å². The zero-order valence-electron chi connectivity index (χ0n) is 10.8. The van der Waals surface area contributed by atoms with Gasteiger partial charge in [0, 0.05) is 16.3 Å². The van der Waals surface area contributed by atoms with Crippen molar-refractivity contribution in [1.82, 2.24) is 10.3 Å². The molecule has 1 atom stereocenters. The quantitative estimate of drug-likeness (QED) is 0.891. The standard InChI is InChI=1S/C13H16N2O2S2/c1-8(2)10(5-16)14-12(17)11-7-19-13(15-11)9-3-4-18-6-9/h3-4,6-8,10,16H,5H2,1-2H3,(H,14,17). The molecule has 0 aromatic carbocycles. The van der Waals surface area contributed by atoms with Crippen LogP contribution in [-0.4, -0.2) is 28.6 Å². The Bertz CT molecular complexity index is 535. The molecule has 0 aliphatic carbocycles. The molecular formula is C13H16N2O2S2. The smallest absolute Gasteiger partial charge is 0.271 e. The third-order valence-electron chi connectivity index (χ3n) is 2.82. The van der Waals surface area contributed by atoms with Crippen molar-refractivity contribution in [2.75, 3.05) is 6.61 Å². The average molecular weight is 296 g/mol. The first kappa shape index (κ1) is 14.2. The van der Waals surface area contributed by atoms with E-state index >= 15 is 0 Å². The zero-order chi connectivity index (χ0) is 13.8. The van der Waals surface area contributed by atoms with Gasteiger partial charge in [-0.25, -0.2) is 4.98 Å². The Kier molecular flexibility index (Phi) is 4.68. The van der Waals surface area contributed by atoms with Crippen LogP contribution in [0, 0.1) is 5.92 Å². The van der Waals surface area contributed by atoms with Gasteiger partial charge in [-0.2, -0.15) is 11.3 Å². The van der Waals surface area contributed by atoms with Gasteiger partial charge < -0.3 is 10.4 Å². The van der Waals surface area contributed by atoms with Crippen LogP contribution >= 0.6 is 22.7 Å². The number of aliphatic hydroxyl groups excluding tert-OH is 1. The lowest BCUT2D eigenvalue weighted by atomic mass is 10.1. The van der Waals surface area contributed by atoms with E-state index in [4.69, 9.17) is 0 Å². The Morgan fingerprint density at radius 2 is 2.26 bits per heavy atom. The van der Waals surface area contributed by atoms with Gasteiger partial charge in [0.1, 0.15) is 10.7 Å². The fourth-order valence-corrected chi connectivity index (χ4v) is 3.07. The molecule has 1 amide bonds. The van der Waals surface area contributed by atoms with Crippen LogP contribution in [0.15, 0.2) is 22.2 Å². The summed E-state index contributed by atoms with van der Waals surface area (Å²) in [5.41, 5.74) is 1.45. The van der Waals surface area contributed by atoms with E-state index in [2.05, 4.69) is 10.3 Å². The minimum absolute atomic E-state index is 0.0646. The highest BCUT2D eigenvalue weighted by Gasteiger charge is 2.18. The van der Waals surface area contributed by atoms with Gasteiger partial charge in [-0.3, -0.25) is 4.79 Å². The highest BCUT2D eigenvalue weighted by molar-refractivity contribution is 7.14. The molecule has 2 heterocycles. The van der Waals surface area contributed by atoms with E-state index in [0.717, 1.165) is 10.6 Å². The van der Waals surface area contributed by atoms with E-state index in [1.807, 2.05) is 30.7 Å². The lowest BCUT2D eigenvalue weighted by Crippen LogP contribution is -2.41. The van der Waals surface area contributed by atoms with Crippen LogP contribution in [0.3, 0.4) is 0 Å². The lowest BCUT2D eigenvalue weighted by Gasteiger charge is -2.19. The van der Waals surface area contributed by atoms with Crippen LogP contribution in [-0.2, 0) is 0 Å². The van der Waals surface area contributed by atoms with Gasteiger partial charge in [0.2, 0.25) is 0 Å². The third kappa shape index (κ3) is 3.40. The number of thiophene rings is 1. The molecule has 0 spiro atoms.